The lowest BCUT2D eigenvalue weighted by Crippen LogP contribution is -2.28. The lowest BCUT2D eigenvalue weighted by atomic mass is 9.93. The molecule has 0 saturated heterocycles. The van der Waals surface area contributed by atoms with Gasteiger partial charge in [0, 0.05) is 35.5 Å². The lowest BCUT2D eigenvalue weighted by molar-refractivity contribution is 0.104. The highest BCUT2D eigenvalue weighted by molar-refractivity contribution is 6.15. The van der Waals surface area contributed by atoms with Crippen molar-refractivity contribution in [3.8, 4) is 11.1 Å². The number of aromatic nitrogens is 3. The maximum absolute atomic E-state index is 13.4. The number of ketones is 1. The quantitative estimate of drug-likeness (QED) is 0.398. The summed E-state index contributed by atoms with van der Waals surface area (Å²) in [5, 5.41) is 10.3. The molecule has 4 aromatic rings. The summed E-state index contributed by atoms with van der Waals surface area (Å²) in [4.78, 5) is 34.5. The molecule has 0 bridgehead atoms. The van der Waals surface area contributed by atoms with E-state index in [-0.39, 0.29) is 18.7 Å². The minimum Gasteiger partial charge on any atom is -0.395 e. The van der Waals surface area contributed by atoms with Gasteiger partial charge in [-0.1, -0.05) is 48.5 Å². The van der Waals surface area contributed by atoms with E-state index in [9.17, 15) is 14.7 Å². The molecule has 0 aliphatic rings. The van der Waals surface area contributed by atoms with Gasteiger partial charge in [-0.15, -0.1) is 0 Å². The predicted molar refractivity (Wildman–Crippen MR) is 116 cm³/mol. The van der Waals surface area contributed by atoms with Crippen LogP contribution in [-0.4, -0.2) is 32.0 Å². The highest BCUT2D eigenvalue weighted by Crippen LogP contribution is 2.31. The van der Waals surface area contributed by atoms with Crippen LogP contribution in [0, 0.1) is 0 Å². The molecule has 2 aromatic carbocycles. The molecule has 1 N–H and O–H groups in total. The second-order valence-corrected chi connectivity index (χ2v) is 6.68. The second kappa shape index (κ2) is 8.63. The van der Waals surface area contributed by atoms with E-state index in [1.165, 1.54) is 17.0 Å². The van der Waals surface area contributed by atoms with Gasteiger partial charge in [-0.25, -0.2) is 9.97 Å². The van der Waals surface area contributed by atoms with E-state index in [4.69, 9.17) is 0 Å². The van der Waals surface area contributed by atoms with Crippen LogP contribution in [0.1, 0.15) is 15.9 Å². The molecule has 0 fully saturated rings. The van der Waals surface area contributed by atoms with Crippen molar-refractivity contribution in [3.63, 3.8) is 0 Å². The van der Waals surface area contributed by atoms with E-state index in [1.807, 2.05) is 54.6 Å². The number of aliphatic hydroxyl groups excluding tert-OH is 1. The number of aliphatic hydroxyl groups is 1. The fraction of sp³-hybridized carbons (Fsp3) is 0.0833. The van der Waals surface area contributed by atoms with Crippen molar-refractivity contribution < 1.29 is 9.90 Å². The molecule has 2 aromatic heterocycles. The van der Waals surface area contributed by atoms with E-state index in [0.29, 0.717) is 16.6 Å². The van der Waals surface area contributed by atoms with Gasteiger partial charge in [0.15, 0.2) is 5.78 Å². The van der Waals surface area contributed by atoms with Gasteiger partial charge in [-0.3, -0.25) is 9.59 Å². The third-order valence-electron chi connectivity index (χ3n) is 4.81. The first-order chi connectivity index (χ1) is 14.7. The lowest BCUT2D eigenvalue weighted by Gasteiger charge is -2.16. The van der Waals surface area contributed by atoms with Gasteiger partial charge >= 0.3 is 0 Å². The molecule has 0 aliphatic heterocycles. The third kappa shape index (κ3) is 3.68. The van der Waals surface area contributed by atoms with Crippen LogP contribution >= 0.6 is 0 Å². The zero-order valence-electron chi connectivity index (χ0n) is 16.1. The Kier molecular flexibility index (Phi) is 5.59. The fourth-order valence-electron chi connectivity index (χ4n) is 3.51. The van der Waals surface area contributed by atoms with E-state index >= 15 is 0 Å². The average Bonchev–Trinajstić information content (AvgIpc) is 2.80. The van der Waals surface area contributed by atoms with Crippen LogP contribution in [0.25, 0.3) is 28.1 Å². The van der Waals surface area contributed by atoms with Crippen molar-refractivity contribution in [1.29, 1.82) is 0 Å². The van der Waals surface area contributed by atoms with Gasteiger partial charge in [-0.05, 0) is 23.8 Å². The minimum absolute atomic E-state index is 0.0708. The van der Waals surface area contributed by atoms with Gasteiger partial charge in [0.05, 0.1) is 17.7 Å². The molecule has 0 amide bonds. The summed E-state index contributed by atoms with van der Waals surface area (Å²) in [7, 11) is 0. The number of fused-ring (bicyclic) bond motifs is 1. The summed E-state index contributed by atoms with van der Waals surface area (Å²) < 4.78 is 1.45. The summed E-state index contributed by atoms with van der Waals surface area (Å²) in [6, 6.07) is 16.8. The number of pyridine rings is 1. The zero-order chi connectivity index (χ0) is 20.9. The highest BCUT2D eigenvalue weighted by atomic mass is 16.3. The number of para-hydroxylation sites is 1. The first-order valence-corrected chi connectivity index (χ1v) is 9.50. The summed E-state index contributed by atoms with van der Waals surface area (Å²) in [5.41, 5.74) is 2.34. The largest absolute Gasteiger partial charge is 0.395 e. The summed E-state index contributed by atoms with van der Waals surface area (Å²) >= 11 is 0. The molecule has 0 unspecified atom stereocenters. The third-order valence-corrected chi connectivity index (χ3v) is 4.81. The molecular formula is C24H19N3O3. The van der Waals surface area contributed by atoms with E-state index in [2.05, 4.69) is 9.97 Å². The number of carbonyl (C=O) groups is 1. The molecule has 6 heteroatoms. The Hall–Kier alpha value is -3.90. The monoisotopic (exact) mass is 397 g/mol. The normalized spacial score (nSPS) is 11.2. The average molecular weight is 397 g/mol. The summed E-state index contributed by atoms with van der Waals surface area (Å²) in [6.45, 7) is -0.107. The van der Waals surface area contributed by atoms with Gasteiger partial charge in [0.25, 0.3) is 5.56 Å². The molecule has 2 heterocycles. The van der Waals surface area contributed by atoms with Crippen molar-refractivity contribution in [1.82, 2.24) is 14.5 Å². The van der Waals surface area contributed by atoms with Gasteiger partial charge in [-0.2, -0.15) is 0 Å². The predicted octanol–water partition coefficient (Wildman–Crippen LogP) is 3.35. The molecule has 0 atom stereocenters. The highest BCUT2D eigenvalue weighted by Gasteiger charge is 2.21. The molecule has 4 rings (SSSR count). The van der Waals surface area contributed by atoms with Crippen LogP contribution in [0.2, 0.25) is 0 Å². The van der Waals surface area contributed by atoms with Crippen LogP contribution in [0.15, 0.2) is 84.2 Å². The maximum atomic E-state index is 13.4. The number of nitrogens with zero attached hydrogens (tertiary/aromatic N) is 3. The Bertz CT molecular complexity index is 1280. The van der Waals surface area contributed by atoms with Crippen molar-refractivity contribution in [2.45, 2.75) is 6.54 Å². The van der Waals surface area contributed by atoms with E-state index in [0.717, 1.165) is 10.9 Å². The standard InChI is InChI=1S/C24H19N3O3/c28-13-12-27-20-9-5-4-8-19(20)22(18-6-2-1-3-7-18)23(24(27)30)21(29)11-10-17-14-25-16-26-15-17/h1-11,14-16,28H,12-13H2/b11-10+. The molecule has 0 aliphatic carbocycles. The van der Waals surface area contributed by atoms with Gasteiger partial charge < -0.3 is 9.67 Å². The Balaban J connectivity index is 1.99. The topological polar surface area (TPSA) is 85.1 Å². The maximum Gasteiger partial charge on any atom is 0.262 e. The molecule has 0 spiro atoms. The number of hydrogen-bond donors (Lipinski definition) is 1. The van der Waals surface area contributed by atoms with Gasteiger partial charge in [0.2, 0.25) is 0 Å². The van der Waals surface area contributed by atoms with Crippen molar-refractivity contribution in [2.24, 2.45) is 0 Å². The van der Waals surface area contributed by atoms with Crippen LogP contribution in [0.5, 0.6) is 0 Å². The number of carbonyl (C=O) groups excluding carboxylic acids is 1. The van der Waals surface area contributed by atoms with Crippen molar-refractivity contribution in [2.75, 3.05) is 6.61 Å². The van der Waals surface area contributed by atoms with Crippen LogP contribution < -0.4 is 5.56 Å². The molecule has 148 valence electrons. The van der Waals surface area contributed by atoms with E-state index in [1.54, 1.807) is 18.5 Å². The van der Waals surface area contributed by atoms with Crippen LogP contribution in [0.4, 0.5) is 0 Å². The smallest absolute Gasteiger partial charge is 0.262 e. The summed E-state index contributed by atoms with van der Waals surface area (Å²) in [5.74, 6) is -0.417. The SMILES string of the molecule is O=C(/C=C/c1cncnc1)c1c(-c2ccccc2)c2ccccc2n(CCO)c1=O. The Labute approximate surface area is 172 Å². The Morgan fingerprint density at radius 1 is 1.00 bits per heavy atom. The summed E-state index contributed by atoms with van der Waals surface area (Å²) in [6.07, 6.45) is 7.52. The Morgan fingerprint density at radius 3 is 2.43 bits per heavy atom. The zero-order valence-corrected chi connectivity index (χ0v) is 16.1. The number of rotatable bonds is 6. The van der Waals surface area contributed by atoms with Crippen LogP contribution in [0.3, 0.4) is 0 Å². The molecule has 30 heavy (non-hydrogen) atoms. The van der Waals surface area contributed by atoms with Gasteiger partial charge in [0.1, 0.15) is 6.33 Å². The number of benzene rings is 2. The van der Waals surface area contributed by atoms with Crippen LogP contribution in [-0.2, 0) is 6.54 Å². The molecule has 0 radical (unpaired) electrons. The molecular weight excluding hydrogens is 378 g/mol. The van der Waals surface area contributed by atoms with Crippen molar-refractivity contribution in [3.05, 3.63) is 101 Å². The fourth-order valence-corrected chi connectivity index (χ4v) is 3.51. The minimum atomic E-state index is -0.430. The first-order valence-electron chi connectivity index (χ1n) is 9.50. The first kappa shape index (κ1) is 19.4. The Morgan fingerprint density at radius 2 is 1.70 bits per heavy atom. The molecule has 0 saturated carbocycles. The number of allylic oxidation sites excluding steroid dienone is 1. The second-order valence-electron chi connectivity index (χ2n) is 6.68. The number of hydrogen-bond acceptors (Lipinski definition) is 5. The molecule has 6 nitrogen and oxygen atoms in total. The van der Waals surface area contributed by atoms with Crippen molar-refractivity contribution >= 4 is 22.8 Å². The van der Waals surface area contributed by atoms with E-state index < -0.39 is 11.3 Å².